The first-order valence-corrected chi connectivity index (χ1v) is 5.83. The van der Waals surface area contributed by atoms with Crippen molar-refractivity contribution in [2.24, 2.45) is 0 Å². The summed E-state index contributed by atoms with van der Waals surface area (Å²) >= 11 is 0.920. The standard InChI is InChI=1S/C10H8F2N4OS/c1-2-5-8(18-16-15-5)10(17)13-6-3-4-7(11)14-9(6)12/h3-4H,2H2,1H3,(H,13,17). The zero-order valence-corrected chi connectivity index (χ0v) is 10.1. The summed E-state index contributed by atoms with van der Waals surface area (Å²) in [6.45, 7) is 1.83. The summed E-state index contributed by atoms with van der Waals surface area (Å²) in [7, 11) is 0. The van der Waals surface area contributed by atoms with Crippen LogP contribution in [0.5, 0.6) is 0 Å². The third kappa shape index (κ3) is 2.48. The summed E-state index contributed by atoms with van der Waals surface area (Å²) < 4.78 is 29.5. The molecule has 0 bridgehead atoms. The number of pyridine rings is 1. The summed E-state index contributed by atoms with van der Waals surface area (Å²) in [6, 6.07) is 2.07. The highest BCUT2D eigenvalue weighted by Crippen LogP contribution is 2.16. The summed E-state index contributed by atoms with van der Waals surface area (Å²) in [5, 5.41) is 6.07. The van der Waals surface area contributed by atoms with Crippen LogP contribution in [0.15, 0.2) is 12.1 Å². The van der Waals surface area contributed by atoms with Gasteiger partial charge in [0, 0.05) is 0 Å². The molecule has 1 N–H and O–H groups in total. The van der Waals surface area contributed by atoms with E-state index in [2.05, 4.69) is 19.9 Å². The van der Waals surface area contributed by atoms with Crippen LogP contribution in [0.1, 0.15) is 22.3 Å². The first kappa shape index (κ1) is 12.5. The van der Waals surface area contributed by atoms with Gasteiger partial charge in [-0.2, -0.15) is 13.8 Å². The van der Waals surface area contributed by atoms with E-state index in [0.29, 0.717) is 17.0 Å². The smallest absolute Gasteiger partial charge is 0.269 e. The van der Waals surface area contributed by atoms with E-state index in [1.165, 1.54) is 0 Å². The zero-order chi connectivity index (χ0) is 13.1. The maximum absolute atomic E-state index is 13.2. The number of hydrogen-bond acceptors (Lipinski definition) is 5. The molecule has 0 aliphatic carbocycles. The number of rotatable bonds is 3. The second-order valence-electron chi connectivity index (χ2n) is 3.33. The molecule has 0 atom stereocenters. The first-order valence-electron chi connectivity index (χ1n) is 5.06. The van der Waals surface area contributed by atoms with Crippen LogP contribution in [0.4, 0.5) is 14.5 Å². The molecule has 2 heterocycles. The Morgan fingerprint density at radius 3 is 2.89 bits per heavy atom. The van der Waals surface area contributed by atoms with E-state index in [-0.39, 0.29) is 5.69 Å². The molecule has 2 rings (SSSR count). The normalized spacial score (nSPS) is 10.4. The van der Waals surface area contributed by atoms with E-state index in [1.54, 1.807) is 0 Å². The predicted molar refractivity (Wildman–Crippen MR) is 61.4 cm³/mol. The van der Waals surface area contributed by atoms with Crippen LogP contribution < -0.4 is 5.32 Å². The van der Waals surface area contributed by atoms with Crippen molar-refractivity contribution in [3.63, 3.8) is 0 Å². The van der Waals surface area contributed by atoms with Gasteiger partial charge >= 0.3 is 0 Å². The van der Waals surface area contributed by atoms with Crippen LogP contribution >= 0.6 is 11.5 Å². The van der Waals surface area contributed by atoms with Gasteiger partial charge in [-0.15, -0.1) is 5.10 Å². The molecule has 2 aromatic rings. The number of nitrogens with zero attached hydrogens (tertiary/aromatic N) is 3. The predicted octanol–water partition coefficient (Wildman–Crippen LogP) is 2.03. The number of carbonyl (C=O) groups is 1. The Morgan fingerprint density at radius 2 is 2.22 bits per heavy atom. The van der Waals surface area contributed by atoms with Gasteiger partial charge in [-0.25, -0.2) is 0 Å². The Balaban J connectivity index is 2.21. The molecule has 18 heavy (non-hydrogen) atoms. The molecule has 2 aromatic heterocycles. The number of halogens is 2. The van der Waals surface area contributed by atoms with Crippen molar-refractivity contribution in [1.29, 1.82) is 0 Å². The molecule has 0 saturated carbocycles. The Morgan fingerprint density at radius 1 is 1.44 bits per heavy atom. The molecule has 0 saturated heterocycles. The Bertz CT molecular complexity index is 587. The highest BCUT2D eigenvalue weighted by Gasteiger charge is 2.17. The van der Waals surface area contributed by atoms with Crippen molar-refractivity contribution >= 4 is 23.1 Å². The number of anilines is 1. The van der Waals surface area contributed by atoms with Crippen LogP contribution in [0, 0.1) is 11.9 Å². The lowest BCUT2D eigenvalue weighted by molar-refractivity contribution is 0.102. The molecule has 0 spiro atoms. The lowest BCUT2D eigenvalue weighted by atomic mass is 10.3. The van der Waals surface area contributed by atoms with E-state index in [0.717, 1.165) is 23.7 Å². The highest BCUT2D eigenvalue weighted by molar-refractivity contribution is 7.08. The molecule has 94 valence electrons. The maximum atomic E-state index is 13.2. The number of aromatic nitrogens is 3. The third-order valence-corrected chi connectivity index (χ3v) is 2.93. The number of amides is 1. The number of nitrogens with one attached hydrogen (secondary N) is 1. The summed E-state index contributed by atoms with van der Waals surface area (Å²) in [4.78, 5) is 15.1. The quantitative estimate of drug-likeness (QED) is 0.866. The van der Waals surface area contributed by atoms with E-state index in [1.807, 2.05) is 6.92 Å². The molecule has 8 heteroatoms. The number of carbonyl (C=O) groups excluding carboxylic acids is 1. The van der Waals surface area contributed by atoms with Gasteiger partial charge in [0.15, 0.2) is 0 Å². The van der Waals surface area contributed by atoms with Crippen molar-refractivity contribution in [2.75, 3.05) is 5.32 Å². The van der Waals surface area contributed by atoms with Crippen molar-refractivity contribution in [3.05, 3.63) is 34.6 Å². The molecular weight excluding hydrogens is 262 g/mol. The lowest BCUT2D eigenvalue weighted by Gasteiger charge is -2.04. The first-order chi connectivity index (χ1) is 8.61. The molecule has 0 unspecified atom stereocenters. The average Bonchev–Trinajstić information content (AvgIpc) is 2.81. The number of aryl methyl sites for hydroxylation is 1. The van der Waals surface area contributed by atoms with Crippen LogP contribution in [0.3, 0.4) is 0 Å². The van der Waals surface area contributed by atoms with Gasteiger partial charge in [-0.3, -0.25) is 4.79 Å². The molecule has 0 radical (unpaired) electrons. The van der Waals surface area contributed by atoms with Crippen molar-refractivity contribution in [3.8, 4) is 0 Å². The SMILES string of the molecule is CCc1nnsc1C(=O)Nc1ccc(F)nc1F. The Hall–Kier alpha value is -1.96. The van der Waals surface area contributed by atoms with Gasteiger partial charge in [0.1, 0.15) is 4.88 Å². The monoisotopic (exact) mass is 270 g/mol. The van der Waals surface area contributed by atoms with Gasteiger partial charge in [0.05, 0.1) is 11.4 Å². The zero-order valence-electron chi connectivity index (χ0n) is 9.28. The third-order valence-electron chi connectivity index (χ3n) is 2.16. The van der Waals surface area contributed by atoms with E-state index in [9.17, 15) is 13.6 Å². The largest absolute Gasteiger partial charge is 0.317 e. The van der Waals surface area contributed by atoms with Gasteiger partial charge < -0.3 is 5.32 Å². The summed E-state index contributed by atoms with van der Waals surface area (Å²) in [5.41, 5.74) is 0.352. The fourth-order valence-electron chi connectivity index (χ4n) is 1.30. The minimum Gasteiger partial charge on any atom is -0.317 e. The summed E-state index contributed by atoms with van der Waals surface area (Å²) in [6.07, 6.45) is 0.545. The molecule has 0 aliphatic rings. The Kier molecular flexibility index (Phi) is 3.56. The topological polar surface area (TPSA) is 67.8 Å². The van der Waals surface area contributed by atoms with Crippen LogP contribution in [-0.4, -0.2) is 20.5 Å². The maximum Gasteiger partial charge on any atom is 0.269 e. The molecule has 0 fully saturated rings. The Labute approximate surface area is 105 Å². The van der Waals surface area contributed by atoms with Crippen molar-refractivity contribution < 1.29 is 13.6 Å². The number of hydrogen-bond donors (Lipinski definition) is 1. The van der Waals surface area contributed by atoms with Gasteiger partial charge in [-0.1, -0.05) is 11.4 Å². The molecular formula is C10H8F2N4OS. The van der Waals surface area contributed by atoms with E-state index < -0.39 is 17.8 Å². The summed E-state index contributed by atoms with van der Waals surface area (Å²) in [5.74, 6) is -2.55. The second-order valence-corrected chi connectivity index (χ2v) is 4.08. The molecule has 0 aliphatic heterocycles. The highest BCUT2D eigenvalue weighted by atomic mass is 32.1. The van der Waals surface area contributed by atoms with Crippen LogP contribution in [0.2, 0.25) is 0 Å². The lowest BCUT2D eigenvalue weighted by Crippen LogP contribution is -2.14. The average molecular weight is 270 g/mol. The van der Waals surface area contributed by atoms with Gasteiger partial charge in [0.2, 0.25) is 11.9 Å². The fourth-order valence-corrected chi connectivity index (χ4v) is 1.94. The van der Waals surface area contributed by atoms with Crippen LogP contribution in [0.25, 0.3) is 0 Å². The van der Waals surface area contributed by atoms with E-state index in [4.69, 9.17) is 0 Å². The minimum atomic E-state index is -1.07. The van der Waals surface area contributed by atoms with Gasteiger partial charge in [-0.05, 0) is 30.1 Å². The van der Waals surface area contributed by atoms with Crippen LogP contribution in [-0.2, 0) is 6.42 Å². The minimum absolute atomic E-state index is 0.183. The van der Waals surface area contributed by atoms with E-state index >= 15 is 0 Å². The fraction of sp³-hybridized carbons (Fsp3) is 0.200. The molecule has 0 aromatic carbocycles. The van der Waals surface area contributed by atoms with Crippen molar-refractivity contribution in [1.82, 2.24) is 14.6 Å². The molecule has 5 nitrogen and oxygen atoms in total. The molecule has 1 amide bonds. The second kappa shape index (κ2) is 5.13. The van der Waals surface area contributed by atoms with Gasteiger partial charge in [0.25, 0.3) is 5.91 Å². The van der Waals surface area contributed by atoms with Crippen molar-refractivity contribution in [2.45, 2.75) is 13.3 Å².